The Morgan fingerprint density at radius 2 is 1.82 bits per heavy atom. The maximum atomic E-state index is 12.3. The predicted molar refractivity (Wildman–Crippen MR) is 133 cm³/mol. The quantitative estimate of drug-likeness (QED) is 0.192. The molecule has 0 atom stereocenters. The summed E-state index contributed by atoms with van der Waals surface area (Å²) in [5.74, 6) is 1.75. The zero-order valence-corrected chi connectivity index (χ0v) is 20.7. The first-order chi connectivity index (χ1) is 16.5. The maximum absolute atomic E-state index is 12.3. The summed E-state index contributed by atoms with van der Waals surface area (Å²) in [5.41, 5.74) is 3.27. The van der Waals surface area contributed by atoms with Gasteiger partial charge in [0.15, 0.2) is 0 Å². The molecule has 4 aromatic rings. The highest BCUT2D eigenvalue weighted by Crippen LogP contribution is 2.35. The minimum Gasteiger partial charge on any atom is -0.497 e. The molecule has 0 N–H and O–H groups in total. The molecule has 2 aromatic carbocycles. The van der Waals surface area contributed by atoms with Crippen molar-refractivity contribution in [2.24, 2.45) is 0 Å². The number of pyridine rings is 1. The summed E-state index contributed by atoms with van der Waals surface area (Å²) in [6, 6.07) is 13.5. The van der Waals surface area contributed by atoms with Crippen molar-refractivity contribution in [3.05, 3.63) is 81.4 Å². The number of aromatic nitrogens is 1. The highest BCUT2D eigenvalue weighted by Gasteiger charge is 2.19. The first-order valence-corrected chi connectivity index (χ1v) is 12.0. The van der Waals surface area contributed by atoms with Gasteiger partial charge < -0.3 is 18.9 Å². The molecule has 8 heteroatoms. The molecular weight excluding hydrogens is 474 g/mol. The highest BCUT2D eigenvalue weighted by molar-refractivity contribution is 7.17. The standard InChI is InChI=1S/C26H24ClNO5S/c1-4-31-26(29)22-12-28-25(27)23-18(15-34-24(22)23)14-33-21-9-16(2)8-20(11-21)32-13-17-6-5-7-19(10-17)30-3/h5-12,15H,4,13-14H2,1-3H3. The van der Waals surface area contributed by atoms with Crippen LogP contribution in [0.1, 0.15) is 34.0 Å². The summed E-state index contributed by atoms with van der Waals surface area (Å²) in [6.45, 7) is 4.72. The lowest BCUT2D eigenvalue weighted by atomic mass is 10.1. The molecule has 0 radical (unpaired) electrons. The normalized spacial score (nSPS) is 10.8. The first-order valence-electron chi connectivity index (χ1n) is 10.7. The van der Waals surface area contributed by atoms with Gasteiger partial charge in [-0.2, -0.15) is 0 Å². The van der Waals surface area contributed by atoms with Crippen LogP contribution in [-0.4, -0.2) is 24.7 Å². The third-order valence-corrected chi connectivity index (χ3v) is 6.43. The van der Waals surface area contributed by atoms with E-state index in [4.69, 9.17) is 30.5 Å². The summed E-state index contributed by atoms with van der Waals surface area (Å²) < 4.78 is 23.2. The van der Waals surface area contributed by atoms with E-state index in [1.165, 1.54) is 17.5 Å². The lowest BCUT2D eigenvalue weighted by Crippen LogP contribution is -2.05. The summed E-state index contributed by atoms with van der Waals surface area (Å²) in [7, 11) is 1.64. The molecule has 34 heavy (non-hydrogen) atoms. The van der Waals surface area contributed by atoms with Crippen molar-refractivity contribution in [2.45, 2.75) is 27.1 Å². The average molecular weight is 498 g/mol. The van der Waals surface area contributed by atoms with E-state index in [1.807, 2.05) is 54.8 Å². The molecule has 4 rings (SSSR count). The van der Waals surface area contributed by atoms with E-state index in [0.29, 0.717) is 40.8 Å². The third-order valence-electron chi connectivity index (χ3n) is 5.08. The highest BCUT2D eigenvalue weighted by atomic mass is 35.5. The second kappa shape index (κ2) is 10.8. The molecule has 0 unspecified atom stereocenters. The zero-order valence-electron chi connectivity index (χ0n) is 19.1. The van der Waals surface area contributed by atoms with Crippen LogP contribution in [0.4, 0.5) is 0 Å². The van der Waals surface area contributed by atoms with Crippen LogP contribution in [0.2, 0.25) is 5.15 Å². The zero-order chi connectivity index (χ0) is 24.1. The van der Waals surface area contributed by atoms with Gasteiger partial charge in [-0.1, -0.05) is 23.7 Å². The second-order valence-electron chi connectivity index (χ2n) is 7.56. The van der Waals surface area contributed by atoms with Gasteiger partial charge in [0, 0.05) is 23.2 Å². The van der Waals surface area contributed by atoms with Gasteiger partial charge in [0.1, 0.15) is 35.6 Å². The third kappa shape index (κ3) is 5.43. The van der Waals surface area contributed by atoms with E-state index in [0.717, 1.165) is 27.1 Å². The number of ether oxygens (including phenoxy) is 4. The van der Waals surface area contributed by atoms with Gasteiger partial charge in [0.2, 0.25) is 0 Å². The van der Waals surface area contributed by atoms with E-state index in [-0.39, 0.29) is 6.61 Å². The number of aryl methyl sites for hydroxylation is 1. The SMILES string of the molecule is CCOC(=O)c1cnc(Cl)c2c(COc3cc(C)cc(OCc4cccc(OC)c4)c3)csc12. The molecule has 0 saturated heterocycles. The van der Waals surface area contributed by atoms with Gasteiger partial charge in [-0.05, 0) is 54.6 Å². The van der Waals surface area contributed by atoms with Crippen LogP contribution in [0.5, 0.6) is 17.2 Å². The molecule has 2 aromatic heterocycles. The van der Waals surface area contributed by atoms with Crippen molar-refractivity contribution < 1.29 is 23.7 Å². The van der Waals surface area contributed by atoms with Crippen molar-refractivity contribution in [3.8, 4) is 17.2 Å². The van der Waals surface area contributed by atoms with Crippen LogP contribution in [0.15, 0.2) is 54.0 Å². The fourth-order valence-corrected chi connectivity index (χ4v) is 4.87. The van der Waals surface area contributed by atoms with Crippen LogP contribution in [0.25, 0.3) is 10.1 Å². The van der Waals surface area contributed by atoms with Crippen LogP contribution in [0, 0.1) is 6.92 Å². The minimum absolute atomic E-state index is 0.270. The van der Waals surface area contributed by atoms with E-state index >= 15 is 0 Å². The summed E-state index contributed by atoms with van der Waals surface area (Å²) >= 11 is 7.79. The monoisotopic (exact) mass is 497 g/mol. The molecular formula is C26H24ClNO5S. The number of esters is 1. The van der Waals surface area contributed by atoms with Crippen molar-refractivity contribution in [3.63, 3.8) is 0 Å². The lowest BCUT2D eigenvalue weighted by Gasteiger charge is -2.12. The van der Waals surface area contributed by atoms with Crippen molar-refractivity contribution in [1.29, 1.82) is 0 Å². The van der Waals surface area contributed by atoms with Gasteiger partial charge in [-0.25, -0.2) is 9.78 Å². The topological polar surface area (TPSA) is 66.9 Å². The summed E-state index contributed by atoms with van der Waals surface area (Å²) in [4.78, 5) is 16.5. The molecule has 0 amide bonds. The Bertz CT molecular complexity index is 1320. The molecule has 0 aliphatic carbocycles. The Labute approximate surface area is 207 Å². The van der Waals surface area contributed by atoms with Crippen LogP contribution < -0.4 is 14.2 Å². The van der Waals surface area contributed by atoms with Gasteiger partial charge in [-0.15, -0.1) is 11.3 Å². The molecule has 0 saturated carbocycles. The lowest BCUT2D eigenvalue weighted by molar-refractivity contribution is 0.0528. The molecule has 0 aliphatic rings. The van der Waals surface area contributed by atoms with Gasteiger partial charge in [-0.3, -0.25) is 0 Å². The second-order valence-corrected chi connectivity index (χ2v) is 8.80. The molecule has 2 heterocycles. The number of fused-ring (bicyclic) bond motifs is 1. The number of carbonyl (C=O) groups excluding carboxylic acids is 1. The summed E-state index contributed by atoms with van der Waals surface area (Å²) in [6.07, 6.45) is 1.45. The summed E-state index contributed by atoms with van der Waals surface area (Å²) in [5, 5.41) is 2.96. The molecule has 0 aliphatic heterocycles. The predicted octanol–water partition coefficient (Wildman–Crippen LogP) is 6.60. The van der Waals surface area contributed by atoms with E-state index in [9.17, 15) is 4.79 Å². The number of hydrogen-bond acceptors (Lipinski definition) is 7. The van der Waals surface area contributed by atoms with Crippen LogP contribution in [0.3, 0.4) is 0 Å². The van der Waals surface area contributed by atoms with Crippen LogP contribution >= 0.6 is 22.9 Å². The fourth-order valence-electron chi connectivity index (χ4n) is 3.49. The van der Waals surface area contributed by atoms with Crippen molar-refractivity contribution in [2.75, 3.05) is 13.7 Å². The first kappa shape index (κ1) is 23.9. The number of methoxy groups -OCH3 is 1. The van der Waals surface area contributed by atoms with Crippen molar-refractivity contribution in [1.82, 2.24) is 4.98 Å². The number of halogens is 1. The molecule has 0 fully saturated rings. The Morgan fingerprint density at radius 1 is 1.06 bits per heavy atom. The largest absolute Gasteiger partial charge is 0.497 e. The van der Waals surface area contributed by atoms with Crippen molar-refractivity contribution >= 4 is 39.0 Å². The number of rotatable bonds is 9. The minimum atomic E-state index is -0.414. The Kier molecular flexibility index (Phi) is 7.55. The van der Waals surface area contributed by atoms with E-state index < -0.39 is 5.97 Å². The molecule has 6 nitrogen and oxygen atoms in total. The number of carbonyl (C=O) groups is 1. The fraction of sp³-hybridized carbons (Fsp3) is 0.231. The molecule has 0 bridgehead atoms. The number of nitrogens with zero attached hydrogens (tertiary/aromatic N) is 1. The van der Waals surface area contributed by atoms with Gasteiger partial charge in [0.05, 0.1) is 24.0 Å². The Balaban J connectivity index is 1.50. The van der Waals surface area contributed by atoms with E-state index in [2.05, 4.69) is 4.98 Å². The molecule has 0 spiro atoms. The van der Waals surface area contributed by atoms with Gasteiger partial charge in [0.25, 0.3) is 0 Å². The van der Waals surface area contributed by atoms with Gasteiger partial charge >= 0.3 is 5.97 Å². The smallest absolute Gasteiger partial charge is 0.341 e. The maximum Gasteiger partial charge on any atom is 0.341 e. The number of benzene rings is 2. The number of hydrogen-bond donors (Lipinski definition) is 0. The number of thiophene rings is 1. The average Bonchev–Trinajstić information content (AvgIpc) is 3.26. The van der Waals surface area contributed by atoms with E-state index in [1.54, 1.807) is 14.0 Å². The Morgan fingerprint density at radius 3 is 2.56 bits per heavy atom. The molecule has 176 valence electrons. The Hall–Kier alpha value is -3.29. The van der Waals surface area contributed by atoms with Crippen LogP contribution in [-0.2, 0) is 18.0 Å².